The molecular weight excluding hydrogens is 380 g/mol. The Morgan fingerprint density at radius 3 is 2.69 bits per heavy atom. The molecule has 2 aliphatic heterocycles. The number of nitrogens with one attached hydrogen (secondary N) is 1. The number of para-hydroxylation sites is 2. The van der Waals surface area contributed by atoms with E-state index in [0.717, 1.165) is 36.3 Å². The van der Waals surface area contributed by atoms with Crippen LogP contribution in [0.2, 0.25) is 0 Å². The molecule has 0 saturated carbocycles. The molecule has 0 unspecified atom stereocenters. The zero-order chi connectivity index (χ0) is 20.4. The Balaban J connectivity index is 1.87. The normalized spacial score (nSPS) is 20.2. The average molecular weight is 401 g/mol. The molecule has 1 saturated heterocycles. The Bertz CT molecular complexity index is 958. The highest BCUT2D eigenvalue weighted by Crippen LogP contribution is 2.36. The van der Waals surface area contributed by atoms with Crippen molar-refractivity contribution in [2.45, 2.75) is 25.4 Å². The second-order valence-electron chi connectivity index (χ2n) is 7.15. The van der Waals surface area contributed by atoms with Gasteiger partial charge in [0.25, 0.3) is 0 Å². The SMILES string of the molecule is CC(=O)N1/N=C(/c2cc(F)ccc2F)OCC2(CCNCC2)Oc2ccccc21. The molecule has 0 aliphatic carbocycles. The van der Waals surface area contributed by atoms with E-state index in [9.17, 15) is 13.6 Å². The number of anilines is 1. The van der Waals surface area contributed by atoms with Gasteiger partial charge in [0.1, 0.15) is 35.3 Å². The van der Waals surface area contributed by atoms with Crippen LogP contribution >= 0.6 is 0 Å². The average Bonchev–Trinajstić information content (AvgIpc) is 2.77. The van der Waals surface area contributed by atoms with E-state index in [0.29, 0.717) is 24.3 Å². The Kier molecular flexibility index (Phi) is 5.19. The number of hydrazone groups is 1. The smallest absolute Gasteiger partial charge is 0.244 e. The molecule has 1 spiro atoms. The van der Waals surface area contributed by atoms with E-state index in [1.54, 1.807) is 18.2 Å². The molecular formula is C21H21F2N3O3. The molecule has 0 atom stereocenters. The summed E-state index contributed by atoms with van der Waals surface area (Å²) >= 11 is 0. The molecule has 2 aromatic rings. The Labute approximate surface area is 167 Å². The van der Waals surface area contributed by atoms with Gasteiger partial charge in [0.2, 0.25) is 11.8 Å². The maximum absolute atomic E-state index is 14.5. The summed E-state index contributed by atoms with van der Waals surface area (Å²) in [6.07, 6.45) is 1.31. The molecule has 0 bridgehead atoms. The van der Waals surface area contributed by atoms with Crippen molar-refractivity contribution >= 4 is 17.5 Å². The summed E-state index contributed by atoms with van der Waals surface area (Å²) in [5, 5.41) is 8.63. The van der Waals surface area contributed by atoms with E-state index < -0.39 is 23.1 Å². The standard InChI is InChI=1S/C21H21F2N3O3/c1-14(27)26-18-4-2-3-5-19(18)29-21(8-10-24-11-9-21)13-28-20(25-26)16-12-15(22)6-7-17(16)23/h2-7,12,24H,8-11,13H2,1H3/b25-20-. The van der Waals surface area contributed by atoms with Crippen LogP contribution in [0.5, 0.6) is 5.75 Å². The van der Waals surface area contributed by atoms with Gasteiger partial charge in [0, 0.05) is 19.8 Å². The third kappa shape index (κ3) is 3.93. The van der Waals surface area contributed by atoms with Gasteiger partial charge in [-0.3, -0.25) is 4.79 Å². The summed E-state index contributed by atoms with van der Waals surface area (Å²) in [7, 11) is 0. The number of nitrogens with zero attached hydrogens (tertiary/aromatic N) is 2. The topological polar surface area (TPSA) is 63.2 Å². The van der Waals surface area contributed by atoms with Crippen LogP contribution in [0.3, 0.4) is 0 Å². The lowest BCUT2D eigenvalue weighted by Crippen LogP contribution is -2.50. The zero-order valence-electron chi connectivity index (χ0n) is 16.0. The van der Waals surface area contributed by atoms with E-state index in [2.05, 4.69) is 10.4 Å². The van der Waals surface area contributed by atoms with Crippen LogP contribution in [0.15, 0.2) is 47.6 Å². The number of rotatable bonds is 1. The Hall–Kier alpha value is -3.00. The molecule has 1 fully saturated rings. The van der Waals surface area contributed by atoms with Crippen molar-refractivity contribution in [1.29, 1.82) is 0 Å². The van der Waals surface area contributed by atoms with Gasteiger partial charge in [-0.15, -0.1) is 5.10 Å². The van der Waals surface area contributed by atoms with Gasteiger partial charge >= 0.3 is 0 Å². The molecule has 1 amide bonds. The van der Waals surface area contributed by atoms with Gasteiger partial charge < -0.3 is 14.8 Å². The first kappa shape index (κ1) is 19.3. The van der Waals surface area contributed by atoms with Crippen molar-refractivity contribution in [2.24, 2.45) is 5.10 Å². The molecule has 0 radical (unpaired) electrons. The summed E-state index contributed by atoms with van der Waals surface area (Å²) in [5.74, 6) is -1.43. The van der Waals surface area contributed by atoms with Crippen molar-refractivity contribution in [2.75, 3.05) is 24.7 Å². The number of hydrogen-bond acceptors (Lipinski definition) is 5. The van der Waals surface area contributed by atoms with Crippen molar-refractivity contribution in [3.05, 3.63) is 59.7 Å². The summed E-state index contributed by atoms with van der Waals surface area (Å²) in [5.41, 5.74) is -0.420. The second-order valence-corrected chi connectivity index (χ2v) is 7.15. The van der Waals surface area contributed by atoms with E-state index in [4.69, 9.17) is 9.47 Å². The molecule has 2 heterocycles. The van der Waals surface area contributed by atoms with Gasteiger partial charge in [-0.05, 0) is 43.4 Å². The lowest BCUT2D eigenvalue weighted by molar-refractivity contribution is -0.116. The van der Waals surface area contributed by atoms with Crippen molar-refractivity contribution in [3.8, 4) is 5.75 Å². The number of amides is 1. The van der Waals surface area contributed by atoms with Gasteiger partial charge in [0.15, 0.2) is 0 Å². The molecule has 0 aromatic heterocycles. The molecule has 1 N–H and O–H groups in total. The number of benzene rings is 2. The highest BCUT2D eigenvalue weighted by molar-refractivity contribution is 6.00. The molecule has 152 valence electrons. The van der Waals surface area contributed by atoms with Crippen LogP contribution < -0.4 is 15.1 Å². The Morgan fingerprint density at radius 1 is 1.17 bits per heavy atom. The van der Waals surface area contributed by atoms with E-state index in [-0.39, 0.29) is 18.1 Å². The van der Waals surface area contributed by atoms with Gasteiger partial charge in [-0.1, -0.05) is 12.1 Å². The van der Waals surface area contributed by atoms with Crippen LogP contribution in [-0.2, 0) is 9.53 Å². The molecule has 6 nitrogen and oxygen atoms in total. The fourth-order valence-corrected chi connectivity index (χ4v) is 3.52. The molecule has 29 heavy (non-hydrogen) atoms. The van der Waals surface area contributed by atoms with Gasteiger partial charge in [-0.25, -0.2) is 8.78 Å². The van der Waals surface area contributed by atoms with Crippen molar-refractivity contribution in [3.63, 3.8) is 0 Å². The fourth-order valence-electron chi connectivity index (χ4n) is 3.52. The predicted molar refractivity (Wildman–Crippen MR) is 104 cm³/mol. The quantitative estimate of drug-likeness (QED) is 0.797. The lowest BCUT2D eigenvalue weighted by Gasteiger charge is -2.37. The number of fused-ring (bicyclic) bond motifs is 1. The molecule has 2 aliphatic rings. The van der Waals surface area contributed by atoms with Gasteiger partial charge in [-0.2, -0.15) is 5.01 Å². The molecule has 2 aromatic carbocycles. The minimum absolute atomic E-state index is 0.0869. The zero-order valence-corrected chi connectivity index (χ0v) is 16.0. The van der Waals surface area contributed by atoms with Crippen LogP contribution in [0.25, 0.3) is 0 Å². The van der Waals surface area contributed by atoms with Crippen LogP contribution in [0.1, 0.15) is 25.3 Å². The monoisotopic (exact) mass is 401 g/mol. The highest BCUT2D eigenvalue weighted by atomic mass is 19.1. The predicted octanol–water partition coefficient (Wildman–Crippen LogP) is 3.21. The molecule has 8 heteroatoms. The third-order valence-corrected chi connectivity index (χ3v) is 5.05. The van der Waals surface area contributed by atoms with Crippen molar-refractivity contribution in [1.82, 2.24) is 5.32 Å². The van der Waals surface area contributed by atoms with Gasteiger partial charge in [0.05, 0.1) is 5.56 Å². The number of carbonyl (C=O) groups is 1. The Morgan fingerprint density at radius 2 is 1.93 bits per heavy atom. The lowest BCUT2D eigenvalue weighted by atomic mass is 9.93. The second kappa shape index (κ2) is 7.79. The highest BCUT2D eigenvalue weighted by Gasteiger charge is 2.38. The van der Waals surface area contributed by atoms with E-state index in [1.807, 2.05) is 6.07 Å². The number of hydrogen-bond donors (Lipinski definition) is 1. The van der Waals surface area contributed by atoms with Crippen molar-refractivity contribution < 1.29 is 23.0 Å². The molecule has 4 rings (SSSR count). The van der Waals surface area contributed by atoms with Crippen LogP contribution in [-0.4, -0.2) is 37.1 Å². The largest absolute Gasteiger partial charge is 0.481 e. The first-order chi connectivity index (χ1) is 14.0. The number of carbonyl (C=O) groups excluding carboxylic acids is 1. The summed E-state index contributed by atoms with van der Waals surface area (Å²) in [6.45, 7) is 2.87. The minimum Gasteiger partial charge on any atom is -0.481 e. The summed E-state index contributed by atoms with van der Waals surface area (Å²) < 4.78 is 40.5. The minimum atomic E-state index is -0.693. The maximum atomic E-state index is 14.5. The van der Waals surface area contributed by atoms with E-state index >= 15 is 0 Å². The number of halogens is 2. The number of ether oxygens (including phenoxy) is 2. The van der Waals surface area contributed by atoms with Crippen LogP contribution in [0, 0.1) is 11.6 Å². The first-order valence-corrected chi connectivity index (χ1v) is 9.44. The fraction of sp³-hybridized carbons (Fsp3) is 0.333. The summed E-state index contributed by atoms with van der Waals surface area (Å²) in [6, 6.07) is 10.0. The number of piperidine rings is 1. The summed E-state index contributed by atoms with van der Waals surface area (Å²) in [4.78, 5) is 12.4. The third-order valence-electron chi connectivity index (χ3n) is 5.05. The maximum Gasteiger partial charge on any atom is 0.244 e. The first-order valence-electron chi connectivity index (χ1n) is 9.44. The van der Waals surface area contributed by atoms with E-state index in [1.165, 1.54) is 6.92 Å². The van der Waals surface area contributed by atoms with Crippen LogP contribution in [0.4, 0.5) is 14.5 Å².